The van der Waals surface area contributed by atoms with Gasteiger partial charge in [0.05, 0.1) is 0 Å². The van der Waals surface area contributed by atoms with Gasteiger partial charge < -0.3 is 9.64 Å². The predicted molar refractivity (Wildman–Crippen MR) is 129 cm³/mol. The van der Waals surface area contributed by atoms with Crippen molar-refractivity contribution in [2.75, 3.05) is 18.0 Å². The van der Waals surface area contributed by atoms with Gasteiger partial charge in [-0.2, -0.15) is 0 Å². The summed E-state index contributed by atoms with van der Waals surface area (Å²) in [6.07, 6.45) is 16.3. The Hall–Kier alpha value is -1.70. The maximum atomic E-state index is 6.65. The van der Waals surface area contributed by atoms with Crippen LogP contribution in [0.2, 0.25) is 0 Å². The number of allylic oxidation sites excluding steroid dienone is 2. The number of benzene rings is 1. The zero-order chi connectivity index (χ0) is 21.3. The maximum absolute atomic E-state index is 6.65. The maximum Gasteiger partial charge on any atom is 0.130 e. The molecule has 0 saturated carbocycles. The van der Waals surface area contributed by atoms with E-state index in [1.165, 1.54) is 54.5 Å². The molecule has 2 rings (SSSR count). The fourth-order valence-corrected chi connectivity index (χ4v) is 4.12. The van der Waals surface area contributed by atoms with E-state index < -0.39 is 0 Å². The molecule has 0 N–H and O–H groups in total. The van der Waals surface area contributed by atoms with Crippen molar-refractivity contribution in [3.05, 3.63) is 41.0 Å². The molecule has 0 aromatic heterocycles. The number of ether oxygens (including phenoxy) is 1. The normalized spacial score (nSPS) is 17.6. The second-order valence-electron chi connectivity index (χ2n) is 9.04. The number of hydrogen-bond donors (Lipinski definition) is 0. The fourth-order valence-electron chi connectivity index (χ4n) is 4.12. The van der Waals surface area contributed by atoms with Crippen molar-refractivity contribution in [3.63, 3.8) is 0 Å². The van der Waals surface area contributed by atoms with E-state index in [-0.39, 0.29) is 5.60 Å². The number of aryl methyl sites for hydroxylation is 1. The molecule has 162 valence electrons. The van der Waals surface area contributed by atoms with Crippen LogP contribution in [0.15, 0.2) is 29.9 Å². The fraction of sp³-hybridized carbons (Fsp3) is 0.630. The van der Waals surface area contributed by atoms with Gasteiger partial charge in [0.15, 0.2) is 0 Å². The van der Waals surface area contributed by atoms with Crippen molar-refractivity contribution in [2.24, 2.45) is 0 Å². The molecule has 0 radical (unpaired) electrons. The van der Waals surface area contributed by atoms with Crippen LogP contribution < -0.4 is 9.64 Å². The van der Waals surface area contributed by atoms with E-state index in [4.69, 9.17) is 4.74 Å². The highest BCUT2D eigenvalue weighted by atomic mass is 16.5. The molecule has 0 saturated heterocycles. The van der Waals surface area contributed by atoms with Crippen molar-refractivity contribution in [1.29, 1.82) is 0 Å². The van der Waals surface area contributed by atoms with E-state index >= 15 is 0 Å². The van der Waals surface area contributed by atoms with Crippen LogP contribution in [0.5, 0.6) is 5.75 Å². The number of fused-ring (bicyclic) bond motifs is 1. The molecule has 0 aliphatic carbocycles. The molecule has 1 heterocycles. The van der Waals surface area contributed by atoms with Crippen molar-refractivity contribution in [2.45, 2.75) is 98.5 Å². The van der Waals surface area contributed by atoms with E-state index in [9.17, 15) is 0 Å². The van der Waals surface area contributed by atoms with Gasteiger partial charge in [0.1, 0.15) is 11.4 Å². The van der Waals surface area contributed by atoms with Crippen LogP contribution in [0.4, 0.5) is 5.69 Å². The second kappa shape index (κ2) is 11.5. The van der Waals surface area contributed by atoms with Crippen LogP contribution in [-0.4, -0.2) is 18.7 Å². The molecule has 29 heavy (non-hydrogen) atoms. The Morgan fingerprint density at radius 1 is 1.03 bits per heavy atom. The van der Waals surface area contributed by atoms with Gasteiger partial charge in [-0.1, -0.05) is 45.3 Å². The van der Waals surface area contributed by atoms with Crippen LogP contribution in [-0.2, 0) is 6.42 Å². The monoisotopic (exact) mass is 397 g/mol. The number of nitrogens with zero attached hydrogens (tertiary/aromatic N) is 1. The first-order valence-electron chi connectivity index (χ1n) is 11.9. The summed E-state index contributed by atoms with van der Waals surface area (Å²) in [7, 11) is 0. The van der Waals surface area contributed by atoms with E-state index in [1.54, 1.807) is 0 Å². The molecular weight excluding hydrogens is 354 g/mol. The molecule has 0 spiro atoms. The minimum Gasteiger partial charge on any atom is -0.483 e. The van der Waals surface area contributed by atoms with Gasteiger partial charge in [0.25, 0.3) is 0 Å². The lowest BCUT2D eigenvalue weighted by atomic mass is 9.92. The Balaban J connectivity index is 2.36. The molecule has 0 fully saturated rings. The highest BCUT2D eigenvalue weighted by Gasteiger charge is 2.29. The van der Waals surface area contributed by atoms with Gasteiger partial charge in [-0.25, -0.2) is 0 Å². The standard InChI is InChI=1S/C27H43NO/c1-7-10-11-14-23-20-25(28(18-8-2)19-9-3)24-15-17-27(6,29-26(24)21-23)16-12-13-22(4)5/h13,15,17,20-21H,7-12,14,16,18-19H2,1-6H3. The zero-order valence-electron chi connectivity index (χ0n) is 19.8. The van der Waals surface area contributed by atoms with Crippen LogP contribution >= 0.6 is 0 Å². The van der Waals surface area contributed by atoms with Gasteiger partial charge in [-0.3, -0.25) is 0 Å². The van der Waals surface area contributed by atoms with Crippen molar-refractivity contribution < 1.29 is 4.74 Å². The minimum atomic E-state index is -0.224. The van der Waals surface area contributed by atoms with E-state index in [0.29, 0.717) is 0 Å². The van der Waals surface area contributed by atoms with E-state index in [1.807, 2.05) is 0 Å². The highest BCUT2D eigenvalue weighted by molar-refractivity contribution is 5.76. The summed E-state index contributed by atoms with van der Waals surface area (Å²) in [5.74, 6) is 1.08. The molecule has 1 unspecified atom stereocenters. The summed E-state index contributed by atoms with van der Waals surface area (Å²) in [6, 6.07) is 4.74. The van der Waals surface area contributed by atoms with Gasteiger partial charge >= 0.3 is 0 Å². The molecule has 2 heteroatoms. The van der Waals surface area contributed by atoms with Crippen molar-refractivity contribution >= 4 is 11.8 Å². The number of anilines is 1. The summed E-state index contributed by atoms with van der Waals surface area (Å²) in [5.41, 5.74) is 5.21. The molecule has 1 aliphatic heterocycles. The molecule has 0 bridgehead atoms. The molecule has 1 aromatic rings. The number of hydrogen-bond acceptors (Lipinski definition) is 2. The quantitative estimate of drug-likeness (QED) is 0.262. The van der Waals surface area contributed by atoms with Crippen molar-refractivity contribution in [3.8, 4) is 5.75 Å². The van der Waals surface area contributed by atoms with Gasteiger partial charge in [0.2, 0.25) is 0 Å². The molecule has 2 nitrogen and oxygen atoms in total. The topological polar surface area (TPSA) is 12.5 Å². The first-order valence-corrected chi connectivity index (χ1v) is 11.9. The van der Waals surface area contributed by atoms with Gasteiger partial charge in [-0.05, 0) is 89.1 Å². The van der Waals surface area contributed by atoms with Crippen LogP contribution in [0.25, 0.3) is 6.08 Å². The summed E-state index contributed by atoms with van der Waals surface area (Å²) in [6.45, 7) is 15.6. The third-order valence-electron chi connectivity index (χ3n) is 5.72. The molecule has 1 aliphatic rings. The van der Waals surface area contributed by atoms with Crippen molar-refractivity contribution in [1.82, 2.24) is 0 Å². The number of rotatable bonds is 12. The Morgan fingerprint density at radius 2 is 1.76 bits per heavy atom. The Kier molecular flexibility index (Phi) is 9.33. The third-order valence-corrected chi connectivity index (χ3v) is 5.72. The average Bonchev–Trinajstić information content (AvgIpc) is 2.66. The lowest BCUT2D eigenvalue weighted by molar-refractivity contribution is 0.128. The smallest absolute Gasteiger partial charge is 0.130 e. The summed E-state index contributed by atoms with van der Waals surface area (Å²) in [5, 5.41) is 0. The second-order valence-corrected chi connectivity index (χ2v) is 9.04. The molecule has 1 aromatic carbocycles. The molecule has 0 amide bonds. The third kappa shape index (κ3) is 6.94. The van der Waals surface area contributed by atoms with Gasteiger partial charge in [0, 0.05) is 24.3 Å². The van der Waals surface area contributed by atoms with Crippen LogP contribution in [0.1, 0.15) is 97.6 Å². The summed E-state index contributed by atoms with van der Waals surface area (Å²) >= 11 is 0. The SMILES string of the molecule is CCCCCc1cc2c(c(N(CCC)CCC)c1)C=CC(C)(CCC=C(C)C)O2. The predicted octanol–water partition coefficient (Wildman–Crippen LogP) is 7.96. The summed E-state index contributed by atoms with van der Waals surface area (Å²) < 4.78 is 6.65. The minimum absolute atomic E-state index is 0.224. The summed E-state index contributed by atoms with van der Waals surface area (Å²) in [4.78, 5) is 2.56. The van der Waals surface area contributed by atoms with Crippen LogP contribution in [0.3, 0.4) is 0 Å². The lowest BCUT2D eigenvalue weighted by Gasteiger charge is -2.35. The lowest BCUT2D eigenvalue weighted by Crippen LogP contribution is -2.33. The van der Waals surface area contributed by atoms with E-state index in [0.717, 1.165) is 38.1 Å². The van der Waals surface area contributed by atoms with Crippen LogP contribution in [0, 0.1) is 0 Å². The highest BCUT2D eigenvalue weighted by Crippen LogP contribution is 2.40. The number of unbranched alkanes of at least 4 members (excludes halogenated alkanes) is 2. The van der Waals surface area contributed by atoms with Gasteiger partial charge in [-0.15, -0.1) is 0 Å². The zero-order valence-corrected chi connectivity index (χ0v) is 19.8. The Labute approximate surface area is 180 Å². The molecular formula is C27H43NO. The average molecular weight is 398 g/mol. The first kappa shape index (κ1) is 23.6. The first-order chi connectivity index (χ1) is 13.9. The largest absolute Gasteiger partial charge is 0.483 e. The Bertz CT molecular complexity index is 693. The Morgan fingerprint density at radius 3 is 2.38 bits per heavy atom. The van der Waals surface area contributed by atoms with E-state index in [2.05, 4.69) is 76.8 Å². The molecule has 1 atom stereocenters.